The van der Waals surface area contributed by atoms with Gasteiger partial charge in [-0.2, -0.15) is 24.5 Å². The van der Waals surface area contributed by atoms with Crippen molar-refractivity contribution in [1.82, 2.24) is 4.31 Å². The molecule has 0 radical (unpaired) electrons. The number of rotatable bonds is 9. The molecule has 0 N–H and O–H groups in total. The summed E-state index contributed by atoms with van der Waals surface area (Å²) in [5, 5.41) is 1.79. The van der Waals surface area contributed by atoms with Crippen molar-refractivity contribution in [1.29, 1.82) is 0 Å². The summed E-state index contributed by atoms with van der Waals surface area (Å²) in [7, 11) is -5.92. The highest BCUT2D eigenvalue weighted by Crippen LogP contribution is 2.35. The fourth-order valence-corrected chi connectivity index (χ4v) is 7.46. The molecule has 10 heteroatoms. The van der Waals surface area contributed by atoms with Gasteiger partial charge in [0.1, 0.15) is 5.75 Å². The number of benzene rings is 3. The van der Waals surface area contributed by atoms with E-state index in [2.05, 4.69) is 0 Å². The summed E-state index contributed by atoms with van der Waals surface area (Å²) in [6.07, 6.45) is 1.48. The van der Waals surface area contributed by atoms with Gasteiger partial charge < -0.3 is 4.74 Å². The zero-order chi connectivity index (χ0) is 24.3. The molecule has 0 spiro atoms. The number of thioether (sulfide) groups is 1. The monoisotopic (exact) mass is 521 g/mol. The van der Waals surface area contributed by atoms with Crippen LogP contribution in [-0.2, 0) is 30.1 Å². The molecule has 7 nitrogen and oxygen atoms in total. The standard InChI is InChI=1S/C24H27NO6S3/c1-30-22-10-7-18(8-11-22)17-32-23-14-21(16-31-33(2,26)27)25(15-23)34(28,29)24-12-9-19-5-3-4-6-20(19)13-24/h3-13,21,23H,14-17H2,1-2H3/t21-,23+/m0/s1. The Morgan fingerprint density at radius 2 is 1.68 bits per heavy atom. The van der Waals surface area contributed by atoms with Crippen molar-refractivity contribution in [3.63, 3.8) is 0 Å². The van der Waals surface area contributed by atoms with Crippen LogP contribution in [0.15, 0.2) is 71.6 Å². The molecule has 0 bridgehead atoms. The van der Waals surface area contributed by atoms with Crippen LogP contribution in [0.3, 0.4) is 0 Å². The van der Waals surface area contributed by atoms with E-state index in [-0.39, 0.29) is 23.3 Å². The summed E-state index contributed by atoms with van der Waals surface area (Å²) in [5.74, 6) is 1.48. The summed E-state index contributed by atoms with van der Waals surface area (Å²) < 4.78 is 62.0. The molecule has 4 rings (SSSR count). The average Bonchev–Trinajstić information content (AvgIpc) is 3.25. The highest BCUT2D eigenvalue weighted by atomic mass is 32.2. The molecule has 1 saturated heterocycles. The maximum atomic E-state index is 13.6. The lowest BCUT2D eigenvalue weighted by Crippen LogP contribution is -2.38. The smallest absolute Gasteiger partial charge is 0.264 e. The molecule has 3 aromatic carbocycles. The van der Waals surface area contributed by atoms with Gasteiger partial charge in [0.05, 0.1) is 30.9 Å². The highest BCUT2D eigenvalue weighted by Gasteiger charge is 2.41. The number of ether oxygens (including phenoxy) is 1. The summed E-state index contributed by atoms with van der Waals surface area (Å²) in [5.41, 5.74) is 1.10. The second kappa shape index (κ2) is 10.2. The predicted octanol–water partition coefficient (Wildman–Crippen LogP) is 3.89. The van der Waals surface area contributed by atoms with E-state index in [1.165, 1.54) is 4.31 Å². The summed E-state index contributed by atoms with van der Waals surface area (Å²) in [6, 6.07) is 19.8. The average molecular weight is 522 g/mol. The van der Waals surface area contributed by atoms with E-state index in [9.17, 15) is 16.8 Å². The van der Waals surface area contributed by atoms with Gasteiger partial charge in [0.25, 0.3) is 10.1 Å². The molecule has 2 atom stereocenters. The quantitative estimate of drug-likeness (QED) is 0.395. The van der Waals surface area contributed by atoms with Crippen LogP contribution in [0, 0.1) is 0 Å². The van der Waals surface area contributed by atoms with E-state index < -0.39 is 26.2 Å². The Kier molecular flexibility index (Phi) is 7.54. The summed E-state index contributed by atoms with van der Waals surface area (Å²) in [6.45, 7) is 0.0824. The topological polar surface area (TPSA) is 90.0 Å². The Balaban J connectivity index is 1.55. The Bertz CT molecular complexity index is 1360. The first-order chi connectivity index (χ1) is 16.2. The second-order valence-electron chi connectivity index (χ2n) is 8.24. The van der Waals surface area contributed by atoms with Gasteiger partial charge >= 0.3 is 0 Å². The Morgan fingerprint density at radius 1 is 0.971 bits per heavy atom. The number of hydrogen-bond donors (Lipinski definition) is 0. The van der Waals surface area contributed by atoms with E-state index in [1.54, 1.807) is 37.1 Å². The van der Waals surface area contributed by atoms with Gasteiger partial charge in [0.15, 0.2) is 0 Å². The molecule has 1 aliphatic heterocycles. The molecule has 1 heterocycles. The Hall–Kier alpha value is -2.11. The van der Waals surface area contributed by atoms with Crippen molar-refractivity contribution >= 4 is 42.7 Å². The molecule has 0 amide bonds. The lowest BCUT2D eigenvalue weighted by atomic mass is 10.1. The highest BCUT2D eigenvalue weighted by molar-refractivity contribution is 7.99. The molecule has 0 saturated carbocycles. The second-order valence-corrected chi connectivity index (χ2v) is 13.1. The first kappa shape index (κ1) is 25.0. The number of fused-ring (bicyclic) bond motifs is 1. The zero-order valence-corrected chi connectivity index (χ0v) is 21.4. The number of hydrogen-bond acceptors (Lipinski definition) is 7. The van der Waals surface area contributed by atoms with Gasteiger partial charge in [-0.05, 0) is 47.0 Å². The van der Waals surface area contributed by atoms with Gasteiger partial charge in [-0.25, -0.2) is 8.42 Å². The van der Waals surface area contributed by atoms with E-state index >= 15 is 0 Å². The third-order valence-electron chi connectivity index (χ3n) is 5.77. The molecule has 0 unspecified atom stereocenters. The number of methoxy groups -OCH3 is 1. The molecule has 1 fully saturated rings. The van der Waals surface area contributed by atoms with Crippen molar-refractivity contribution in [2.45, 2.75) is 28.4 Å². The minimum Gasteiger partial charge on any atom is -0.497 e. The van der Waals surface area contributed by atoms with Crippen LogP contribution in [0.4, 0.5) is 0 Å². The summed E-state index contributed by atoms with van der Waals surface area (Å²) in [4.78, 5) is 0.191. The minimum atomic E-state index is -3.84. The molecule has 0 aliphatic carbocycles. The third-order valence-corrected chi connectivity index (χ3v) is 9.56. The molecule has 1 aliphatic rings. The van der Waals surface area contributed by atoms with Gasteiger partial charge in [-0.3, -0.25) is 4.18 Å². The zero-order valence-electron chi connectivity index (χ0n) is 19.0. The minimum absolute atomic E-state index is 0.00509. The van der Waals surface area contributed by atoms with Crippen LogP contribution >= 0.6 is 11.8 Å². The number of sulfonamides is 1. The van der Waals surface area contributed by atoms with Crippen molar-refractivity contribution in [3.8, 4) is 5.75 Å². The predicted molar refractivity (Wildman–Crippen MR) is 135 cm³/mol. The first-order valence-corrected chi connectivity index (χ1v) is 15.1. The SMILES string of the molecule is COc1ccc(CS[C@@H]2C[C@@H](COS(C)(=O)=O)N(S(=O)(=O)c3ccc4ccccc4c3)C2)cc1. The maximum Gasteiger partial charge on any atom is 0.264 e. The fourth-order valence-electron chi connectivity index (χ4n) is 4.01. The van der Waals surface area contributed by atoms with E-state index in [1.807, 2.05) is 48.5 Å². The van der Waals surface area contributed by atoms with E-state index in [0.29, 0.717) is 12.2 Å². The van der Waals surface area contributed by atoms with E-state index in [0.717, 1.165) is 28.3 Å². The molecular formula is C24H27NO6S3. The molecule has 3 aromatic rings. The van der Waals surface area contributed by atoms with Crippen LogP contribution in [0.1, 0.15) is 12.0 Å². The van der Waals surface area contributed by atoms with Crippen molar-refractivity contribution in [2.75, 3.05) is 26.5 Å². The van der Waals surface area contributed by atoms with Gasteiger partial charge in [-0.1, -0.05) is 42.5 Å². The summed E-state index contributed by atoms with van der Waals surface area (Å²) >= 11 is 1.65. The third kappa shape index (κ3) is 5.92. The largest absolute Gasteiger partial charge is 0.497 e. The van der Waals surface area contributed by atoms with E-state index in [4.69, 9.17) is 8.92 Å². The lowest BCUT2D eigenvalue weighted by molar-refractivity contribution is 0.239. The fraction of sp³-hybridized carbons (Fsp3) is 0.333. The van der Waals surface area contributed by atoms with Crippen LogP contribution in [-0.4, -0.2) is 58.9 Å². The van der Waals surface area contributed by atoms with Crippen molar-refractivity contribution < 1.29 is 25.8 Å². The van der Waals surface area contributed by atoms with Gasteiger partial charge in [0, 0.05) is 17.5 Å². The van der Waals surface area contributed by atoms with Crippen LogP contribution in [0.2, 0.25) is 0 Å². The molecule has 182 valence electrons. The Morgan fingerprint density at radius 3 is 2.35 bits per heavy atom. The van der Waals surface area contributed by atoms with Crippen LogP contribution < -0.4 is 4.74 Å². The van der Waals surface area contributed by atoms with Crippen LogP contribution in [0.25, 0.3) is 10.8 Å². The van der Waals surface area contributed by atoms with Crippen molar-refractivity contribution in [3.05, 3.63) is 72.3 Å². The molecule has 34 heavy (non-hydrogen) atoms. The lowest BCUT2D eigenvalue weighted by Gasteiger charge is -2.23. The molecule has 0 aromatic heterocycles. The van der Waals surface area contributed by atoms with Gasteiger partial charge in [-0.15, -0.1) is 0 Å². The maximum absolute atomic E-state index is 13.6. The van der Waals surface area contributed by atoms with Gasteiger partial charge in [0.2, 0.25) is 10.0 Å². The number of nitrogens with zero attached hydrogens (tertiary/aromatic N) is 1. The Labute approximate surface area is 205 Å². The normalized spacial score (nSPS) is 19.5. The molecular weight excluding hydrogens is 494 g/mol. The first-order valence-electron chi connectivity index (χ1n) is 10.8. The van der Waals surface area contributed by atoms with Crippen molar-refractivity contribution in [2.24, 2.45) is 0 Å². The van der Waals surface area contributed by atoms with Crippen LogP contribution in [0.5, 0.6) is 5.75 Å².